The standard InChI is InChI=1S/C30H23NO6/c1-34-25-16-13-20(17-27(25)35-2)18-28-29(32)24-15-14-23(19-26(24)37-28)36-30(33)31(21-9-5-3-6-10-21)22-11-7-4-8-12-22/h3-19H,1-2H3/b28-18-. The van der Waals surface area contributed by atoms with Gasteiger partial charge < -0.3 is 18.9 Å². The highest BCUT2D eigenvalue weighted by molar-refractivity contribution is 6.14. The van der Waals surface area contributed by atoms with Crippen molar-refractivity contribution in [2.45, 2.75) is 0 Å². The van der Waals surface area contributed by atoms with Crippen molar-refractivity contribution in [2.24, 2.45) is 0 Å². The molecule has 0 saturated heterocycles. The van der Waals surface area contributed by atoms with Gasteiger partial charge in [0.05, 0.1) is 31.2 Å². The van der Waals surface area contributed by atoms with Crippen molar-refractivity contribution < 1.29 is 28.5 Å². The van der Waals surface area contributed by atoms with Gasteiger partial charge in [-0.05, 0) is 60.2 Å². The Bertz CT molecular complexity index is 1440. The number of fused-ring (bicyclic) bond motifs is 1. The summed E-state index contributed by atoms with van der Waals surface area (Å²) in [7, 11) is 3.10. The van der Waals surface area contributed by atoms with Crippen molar-refractivity contribution in [1.29, 1.82) is 0 Å². The van der Waals surface area contributed by atoms with Gasteiger partial charge in [0, 0.05) is 6.07 Å². The van der Waals surface area contributed by atoms with Gasteiger partial charge in [-0.15, -0.1) is 0 Å². The predicted molar refractivity (Wildman–Crippen MR) is 140 cm³/mol. The molecule has 0 aliphatic carbocycles. The molecule has 0 bridgehead atoms. The molecule has 0 radical (unpaired) electrons. The highest BCUT2D eigenvalue weighted by Gasteiger charge is 2.29. The molecule has 1 amide bonds. The number of anilines is 2. The lowest BCUT2D eigenvalue weighted by atomic mass is 10.1. The van der Waals surface area contributed by atoms with E-state index < -0.39 is 6.09 Å². The van der Waals surface area contributed by atoms with E-state index in [0.29, 0.717) is 39.8 Å². The number of hydrogen-bond donors (Lipinski definition) is 0. The molecule has 184 valence electrons. The maximum atomic E-state index is 13.3. The van der Waals surface area contributed by atoms with Crippen molar-refractivity contribution in [3.8, 4) is 23.0 Å². The van der Waals surface area contributed by atoms with Crippen LogP contribution in [0.1, 0.15) is 15.9 Å². The summed E-state index contributed by atoms with van der Waals surface area (Å²) in [6.07, 6.45) is 1.03. The summed E-state index contributed by atoms with van der Waals surface area (Å²) in [5, 5.41) is 0. The average Bonchev–Trinajstić information content (AvgIpc) is 3.24. The van der Waals surface area contributed by atoms with Crippen LogP contribution in [0.25, 0.3) is 6.08 Å². The van der Waals surface area contributed by atoms with Crippen molar-refractivity contribution >= 4 is 29.3 Å². The lowest BCUT2D eigenvalue weighted by Gasteiger charge is -2.22. The summed E-state index contributed by atoms with van der Waals surface area (Å²) in [5.41, 5.74) is 2.41. The molecule has 7 nitrogen and oxygen atoms in total. The average molecular weight is 494 g/mol. The lowest BCUT2D eigenvalue weighted by Crippen LogP contribution is -2.29. The van der Waals surface area contributed by atoms with E-state index in [0.717, 1.165) is 0 Å². The van der Waals surface area contributed by atoms with Gasteiger partial charge in [-0.2, -0.15) is 0 Å². The van der Waals surface area contributed by atoms with E-state index >= 15 is 0 Å². The first-order valence-electron chi connectivity index (χ1n) is 11.5. The number of ether oxygens (including phenoxy) is 4. The molecular weight excluding hydrogens is 470 g/mol. The topological polar surface area (TPSA) is 74.3 Å². The number of para-hydroxylation sites is 2. The first-order chi connectivity index (χ1) is 18.1. The van der Waals surface area contributed by atoms with Crippen LogP contribution in [0.3, 0.4) is 0 Å². The maximum absolute atomic E-state index is 13.3. The summed E-state index contributed by atoms with van der Waals surface area (Å²) < 4.78 is 22.1. The number of methoxy groups -OCH3 is 2. The Labute approximate surface area is 214 Å². The Morgan fingerprint density at radius 1 is 0.784 bits per heavy atom. The third kappa shape index (κ3) is 4.88. The number of carbonyl (C=O) groups is 2. The van der Waals surface area contributed by atoms with Crippen LogP contribution in [-0.4, -0.2) is 26.1 Å². The van der Waals surface area contributed by atoms with Gasteiger partial charge in [-0.25, -0.2) is 9.69 Å². The van der Waals surface area contributed by atoms with Crippen molar-refractivity contribution in [1.82, 2.24) is 0 Å². The molecule has 37 heavy (non-hydrogen) atoms. The summed E-state index contributed by atoms with van der Waals surface area (Å²) in [6, 6.07) is 28.4. The molecule has 0 unspecified atom stereocenters. The second-order valence-corrected chi connectivity index (χ2v) is 8.09. The van der Waals surface area contributed by atoms with E-state index in [1.807, 2.05) is 60.7 Å². The number of amides is 1. The molecule has 1 heterocycles. The Morgan fingerprint density at radius 3 is 2.05 bits per heavy atom. The quantitative estimate of drug-likeness (QED) is 0.280. The Morgan fingerprint density at radius 2 is 1.43 bits per heavy atom. The molecule has 4 aromatic rings. The monoisotopic (exact) mass is 493 g/mol. The van der Waals surface area contributed by atoms with Gasteiger partial charge in [-0.3, -0.25) is 4.79 Å². The van der Waals surface area contributed by atoms with E-state index in [1.165, 1.54) is 11.0 Å². The molecule has 0 aromatic heterocycles. The SMILES string of the molecule is COc1ccc(/C=C2\Oc3cc(OC(=O)N(c4ccccc4)c4ccccc4)ccc3C2=O)cc1OC. The number of hydrogen-bond acceptors (Lipinski definition) is 6. The van der Waals surface area contributed by atoms with Crippen LogP contribution in [0.4, 0.5) is 16.2 Å². The number of ketones is 1. The Balaban J connectivity index is 1.39. The number of nitrogens with zero attached hydrogens (tertiary/aromatic N) is 1. The summed E-state index contributed by atoms with van der Waals surface area (Å²) in [4.78, 5) is 27.7. The minimum atomic E-state index is -0.595. The third-order valence-electron chi connectivity index (χ3n) is 5.76. The fourth-order valence-electron chi connectivity index (χ4n) is 3.99. The molecular formula is C30H23NO6. The van der Waals surface area contributed by atoms with Crippen LogP contribution in [0.2, 0.25) is 0 Å². The van der Waals surface area contributed by atoms with Gasteiger partial charge in [0.2, 0.25) is 5.78 Å². The minimum Gasteiger partial charge on any atom is -0.493 e. The summed E-state index contributed by atoms with van der Waals surface area (Å²) in [5.74, 6) is 1.57. The molecule has 0 spiro atoms. The highest BCUT2D eigenvalue weighted by atomic mass is 16.6. The first-order valence-corrected chi connectivity index (χ1v) is 11.5. The molecule has 0 fully saturated rings. The van der Waals surface area contributed by atoms with Crippen LogP contribution < -0.4 is 23.8 Å². The predicted octanol–water partition coefficient (Wildman–Crippen LogP) is 6.66. The van der Waals surface area contributed by atoms with Crippen LogP contribution in [-0.2, 0) is 0 Å². The molecule has 0 N–H and O–H groups in total. The second-order valence-electron chi connectivity index (χ2n) is 8.09. The number of carbonyl (C=O) groups excluding carboxylic acids is 2. The first kappa shape index (κ1) is 23.7. The van der Waals surface area contributed by atoms with E-state index in [1.54, 1.807) is 50.6 Å². The normalized spacial score (nSPS) is 13.0. The van der Waals surface area contributed by atoms with E-state index in [9.17, 15) is 9.59 Å². The van der Waals surface area contributed by atoms with Gasteiger partial charge in [0.25, 0.3) is 0 Å². The van der Waals surface area contributed by atoms with Crippen LogP contribution in [0, 0.1) is 0 Å². The van der Waals surface area contributed by atoms with Crippen LogP contribution in [0.15, 0.2) is 103 Å². The van der Waals surface area contributed by atoms with Gasteiger partial charge in [0.15, 0.2) is 17.3 Å². The molecule has 1 aliphatic heterocycles. The van der Waals surface area contributed by atoms with Gasteiger partial charge in [0.1, 0.15) is 11.5 Å². The fraction of sp³-hybridized carbons (Fsp3) is 0.0667. The molecule has 1 aliphatic rings. The zero-order chi connectivity index (χ0) is 25.8. The van der Waals surface area contributed by atoms with E-state index in [4.69, 9.17) is 18.9 Å². The fourth-order valence-corrected chi connectivity index (χ4v) is 3.99. The minimum absolute atomic E-state index is 0.154. The number of rotatable bonds is 6. The van der Waals surface area contributed by atoms with E-state index in [-0.39, 0.29) is 17.3 Å². The molecule has 0 saturated carbocycles. The molecule has 5 rings (SSSR count). The summed E-state index contributed by atoms with van der Waals surface area (Å²) in [6.45, 7) is 0. The van der Waals surface area contributed by atoms with Crippen molar-refractivity contribution in [3.05, 3.63) is 114 Å². The maximum Gasteiger partial charge on any atom is 0.424 e. The smallest absolute Gasteiger partial charge is 0.424 e. The largest absolute Gasteiger partial charge is 0.493 e. The third-order valence-corrected chi connectivity index (χ3v) is 5.76. The van der Waals surface area contributed by atoms with Crippen LogP contribution in [0.5, 0.6) is 23.0 Å². The number of Topliss-reactive ketones (excluding diaryl/α,β-unsaturated/α-hetero) is 1. The number of benzene rings is 4. The zero-order valence-electron chi connectivity index (χ0n) is 20.2. The number of allylic oxidation sites excluding steroid dienone is 1. The molecule has 0 atom stereocenters. The Hall–Kier alpha value is -5.04. The molecule has 7 heteroatoms. The molecule has 4 aromatic carbocycles. The van der Waals surface area contributed by atoms with Gasteiger partial charge in [-0.1, -0.05) is 42.5 Å². The van der Waals surface area contributed by atoms with Crippen molar-refractivity contribution in [3.63, 3.8) is 0 Å². The highest BCUT2D eigenvalue weighted by Crippen LogP contribution is 2.36. The summed E-state index contributed by atoms with van der Waals surface area (Å²) >= 11 is 0. The Kier molecular flexibility index (Phi) is 6.59. The zero-order valence-corrected chi connectivity index (χ0v) is 20.2. The second kappa shape index (κ2) is 10.3. The van der Waals surface area contributed by atoms with E-state index in [2.05, 4.69) is 0 Å². The van der Waals surface area contributed by atoms with Crippen molar-refractivity contribution in [2.75, 3.05) is 19.1 Å². The van der Waals surface area contributed by atoms with Crippen LogP contribution >= 0.6 is 0 Å². The lowest BCUT2D eigenvalue weighted by molar-refractivity contribution is 0.101. The van der Waals surface area contributed by atoms with Gasteiger partial charge >= 0.3 is 6.09 Å².